The first-order chi connectivity index (χ1) is 13.3. The number of nitrogens with zero attached hydrogens (tertiary/aromatic N) is 2. The van der Waals surface area contributed by atoms with Crippen LogP contribution in [-0.2, 0) is 24.2 Å². The average Bonchev–Trinajstić information content (AvgIpc) is 3.04. The molecule has 0 spiro atoms. The minimum Gasteiger partial charge on any atom is -0.497 e. The van der Waals surface area contributed by atoms with Gasteiger partial charge in [0.1, 0.15) is 17.4 Å². The number of esters is 1. The number of hydrogen-bond acceptors (Lipinski definition) is 7. The second-order valence-corrected chi connectivity index (χ2v) is 8.48. The van der Waals surface area contributed by atoms with Gasteiger partial charge < -0.3 is 14.4 Å². The van der Waals surface area contributed by atoms with Crippen molar-refractivity contribution in [3.8, 4) is 11.8 Å². The van der Waals surface area contributed by atoms with Gasteiger partial charge in [0.15, 0.2) is 16.4 Å². The number of hydrogen-bond donors (Lipinski definition) is 0. The molecule has 150 valence electrons. The third kappa shape index (κ3) is 5.57. The zero-order chi connectivity index (χ0) is 20.7. The van der Waals surface area contributed by atoms with Gasteiger partial charge in [-0.1, -0.05) is 12.1 Å². The molecule has 1 fully saturated rings. The highest BCUT2D eigenvalue weighted by atomic mass is 32.2. The standard InChI is InChI=1S/C19H22N2O6S/c1-3-21(16-8-9-28(24,25)13-16)18(22)12-27-19(23)15(11-20)10-14-4-6-17(26-2)7-5-14/h4-7,10,16H,3,8-9,12-13H2,1-2H3. The van der Waals surface area contributed by atoms with Crippen molar-refractivity contribution in [2.75, 3.05) is 31.8 Å². The molecule has 1 aliphatic rings. The lowest BCUT2D eigenvalue weighted by atomic mass is 10.1. The van der Waals surface area contributed by atoms with Gasteiger partial charge in [0.2, 0.25) is 0 Å². The van der Waals surface area contributed by atoms with Crippen LogP contribution in [0.3, 0.4) is 0 Å². The Kier molecular flexibility index (Phi) is 7.18. The molecule has 0 N–H and O–H groups in total. The average molecular weight is 406 g/mol. The predicted molar refractivity (Wildman–Crippen MR) is 102 cm³/mol. The van der Waals surface area contributed by atoms with Gasteiger partial charge in [0, 0.05) is 12.6 Å². The van der Waals surface area contributed by atoms with E-state index in [0.29, 0.717) is 24.3 Å². The molecule has 0 saturated carbocycles. The number of ether oxygens (including phenoxy) is 2. The van der Waals surface area contributed by atoms with Gasteiger partial charge in [-0.25, -0.2) is 13.2 Å². The van der Waals surface area contributed by atoms with Gasteiger partial charge >= 0.3 is 5.97 Å². The Balaban J connectivity index is 1.99. The summed E-state index contributed by atoms with van der Waals surface area (Å²) in [4.78, 5) is 25.9. The number of rotatable bonds is 7. The van der Waals surface area contributed by atoms with E-state index in [1.165, 1.54) is 18.1 Å². The van der Waals surface area contributed by atoms with Crippen LogP contribution in [0.2, 0.25) is 0 Å². The largest absolute Gasteiger partial charge is 0.497 e. The van der Waals surface area contributed by atoms with Gasteiger partial charge in [0.25, 0.3) is 5.91 Å². The quantitative estimate of drug-likeness (QED) is 0.379. The smallest absolute Gasteiger partial charge is 0.349 e. The summed E-state index contributed by atoms with van der Waals surface area (Å²) < 4.78 is 33.3. The molecular weight excluding hydrogens is 384 g/mol. The highest BCUT2D eigenvalue weighted by molar-refractivity contribution is 7.91. The van der Waals surface area contributed by atoms with Gasteiger partial charge in [-0.3, -0.25) is 4.79 Å². The van der Waals surface area contributed by atoms with E-state index >= 15 is 0 Å². The van der Waals surface area contributed by atoms with Gasteiger partial charge in [-0.2, -0.15) is 5.26 Å². The van der Waals surface area contributed by atoms with Crippen molar-refractivity contribution in [1.82, 2.24) is 4.90 Å². The summed E-state index contributed by atoms with van der Waals surface area (Å²) in [6.07, 6.45) is 1.73. The molecular formula is C19H22N2O6S. The fourth-order valence-corrected chi connectivity index (χ4v) is 4.68. The molecule has 1 aromatic rings. The van der Waals surface area contributed by atoms with Crippen molar-refractivity contribution in [3.05, 3.63) is 35.4 Å². The third-order valence-corrected chi connectivity index (χ3v) is 6.15. The number of amides is 1. The summed E-state index contributed by atoms with van der Waals surface area (Å²) in [5.41, 5.74) is 0.358. The second-order valence-electron chi connectivity index (χ2n) is 6.26. The molecule has 0 bridgehead atoms. The van der Waals surface area contributed by atoms with Crippen LogP contribution in [0.5, 0.6) is 5.75 Å². The highest BCUT2D eigenvalue weighted by Crippen LogP contribution is 2.18. The minimum atomic E-state index is -3.14. The molecule has 1 aliphatic heterocycles. The van der Waals surface area contributed by atoms with Crippen molar-refractivity contribution in [2.45, 2.75) is 19.4 Å². The van der Waals surface area contributed by atoms with Crippen molar-refractivity contribution in [1.29, 1.82) is 5.26 Å². The van der Waals surface area contributed by atoms with Crippen LogP contribution < -0.4 is 4.74 Å². The fraction of sp³-hybridized carbons (Fsp3) is 0.421. The Labute approximate surface area is 164 Å². The van der Waals surface area contributed by atoms with Crippen LogP contribution in [0, 0.1) is 11.3 Å². The molecule has 2 rings (SSSR count). The van der Waals surface area contributed by atoms with Crippen LogP contribution in [0.25, 0.3) is 6.08 Å². The van der Waals surface area contributed by atoms with Crippen LogP contribution in [0.1, 0.15) is 18.9 Å². The number of likely N-dealkylation sites (N-methyl/N-ethyl adjacent to an activating group) is 1. The van der Waals surface area contributed by atoms with Gasteiger partial charge in [-0.05, 0) is 37.1 Å². The first-order valence-corrected chi connectivity index (χ1v) is 10.5. The van der Waals surface area contributed by atoms with Crippen LogP contribution in [0.4, 0.5) is 0 Å². The summed E-state index contributed by atoms with van der Waals surface area (Å²) in [5, 5.41) is 9.20. The van der Waals surface area contributed by atoms with Crippen molar-refractivity contribution in [2.24, 2.45) is 0 Å². The van der Waals surface area contributed by atoms with Gasteiger partial charge in [-0.15, -0.1) is 0 Å². The topological polar surface area (TPSA) is 114 Å². The Morgan fingerprint density at radius 3 is 2.50 bits per heavy atom. The number of carbonyl (C=O) groups is 2. The Hall–Kier alpha value is -2.86. The molecule has 1 aromatic carbocycles. The Morgan fingerprint density at radius 2 is 2.00 bits per heavy atom. The van der Waals surface area contributed by atoms with E-state index in [1.54, 1.807) is 37.3 Å². The van der Waals surface area contributed by atoms with Crippen molar-refractivity contribution < 1.29 is 27.5 Å². The zero-order valence-electron chi connectivity index (χ0n) is 15.8. The SMILES string of the molecule is CCN(C(=O)COC(=O)C(C#N)=Cc1ccc(OC)cc1)C1CCS(=O)(=O)C1. The minimum absolute atomic E-state index is 0.0460. The monoisotopic (exact) mass is 406 g/mol. The number of benzene rings is 1. The molecule has 9 heteroatoms. The summed E-state index contributed by atoms with van der Waals surface area (Å²) in [6.45, 7) is 1.49. The van der Waals surface area contributed by atoms with Gasteiger partial charge in [0.05, 0.1) is 18.6 Å². The lowest BCUT2D eigenvalue weighted by Gasteiger charge is -2.26. The van der Waals surface area contributed by atoms with E-state index < -0.39 is 34.4 Å². The van der Waals surface area contributed by atoms with E-state index in [1.807, 2.05) is 0 Å². The van der Waals surface area contributed by atoms with Crippen molar-refractivity contribution >= 4 is 27.8 Å². The Bertz CT molecular complexity index is 899. The molecule has 28 heavy (non-hydrogen) atoms. The summed E-state index contributed by atoms with van der Waals surface area (Å²) >= 11 is 0. The van der Waals surface area contributed by atoms with Crippen LogP contribution >= 0.6 is 0 Å². The summed E-state index contributed by atoms with van der Waals surface area (Å²) in [5.74, 6) is -0.801. The zero-order valence-corrected chi connectivity index (χ0v) is 16.6. The number of nitriles is 1. The molecule has 0 aromatic heterocycles. The molecule has 0 aliphatic carbocycles. The van der Waals surface area contributed by atoms with Crippen LogP contribution in [0.15, 0.2) is 29.8 Å². The molecule has 0 radical (unpaired) electrons. The Morgan fingerprint density at radius 1 is 1.32 bits per heavy atom. The van der Waals surface area contributed by atoms with E-state index in [0.717, 1.165) is 0 Å². The maximum absolute atomic E-state index is 12.4. The van der Waals surface area contributed by atoms with E-state index in [9.17, 15) is 23.3 Å². The molecule has 1 amide bonds. The number of methoxy groups -OCH3 is 1. The molecule has 1 saturated heterocycles. The molecule has 8 nitrogen and oxygen atoms in total. The molecule has 1 atom stereocenters. The van der Waals surface area contributed by atoms with E-state index in [2.05, 4.69) is 0 Å². The van der Waals surface area contributed by atoms with Crippen molar-refractivity contribution in [3.63, 3.8) is 0 Å². The van der Waals surface area contributed by atoms with E-state index in [4.69, 9.17) is 9.47 Å². The lowest BCUT2D eigenvalue weighted by molar-refractivity contribution is -0.149. The molecule has 1 heterocycles. The van der Waals surface area contributed by atoms with E-state index in [-0.39, 0.29) is 17.1 Å². The number of sulfone groups is 1. The molecule has 1 unspecified atom stereocenters. The lowest BCUT2D eigenvalue weighted by Crippen LogP contribution is -2.43. The second kappa shape index (κ2) is 9.37. The summed E-state index contributed by atoms with van der Waals surface area (Å²) in [6, 6.07) is 8.07. The first kappa shape index (κ1) is 21.4. The van der Waals surface area contributed by atoms with Crippen LogP contribution in [-0.4, -0.2) is 63.0 Å². The first-order valence-electron chi connectivity index (χ1n) is 8.72. The third-order valence-electron chi connectivity index (χ3n) is 4.40. The summed E-state index contributed by atoms with van der Waals surface area (Å²) in [7, 11) is -1.61. The maximum Gasteiger partial charge on any atom is 0.349 e. The fourth-order valence-electron chi connectivity index (χ4n) is 2.95. The maximum atomic E-state index is 12.4. The normalized spacial score (nSPS) is 18.2. The highest BCUT2D eigenvalue weighted by Gasteiger charge is 2.34. The predicted octanol–water partition coefficient (Wildman–Crippen LogP) is 1.18. The number of carbonyl (C=O) groups excluding carboxylic acids is 2.